The van der Waals surface area contributed by atoms with E-state index in [0.29, 0.717) is 5.54 Å². The van der Waals surface area contributed by atoms with Crippen LogP contribution in [0.4, 0.5) is 0 Å². The highest BCUT2D eigenvalue weighted by Crippen LogP contribution is 2.06. The van der Waals surface area contributed by atoms with Crippen molar-refractivity contribution in [2.75, 3.05) is 45.8 Å². The molecule has 0 aromatic carbocycles. The van der Waals surface area contributed by atoms with Gasteiger partial charge in [0.1, 0.15) is 0 Å². The van der Waals surface area contributed by atoms with Crippen molar-refractivity contribution >= 4 is 0 Å². The quantitative estimate of drug-likeness (QED) is 0.740. The molecule has 0 bridgehead atoms. The van der Waals surface area contributed by atoms with Gasteiger partial charge in [0.25, 0.3) is 0 Å². The van der Waals surface area contributed by atoms with Crippen LogP contribution in [0.2, 0.25) is 0 Å². The highest BCUT2D eigenvalue weighted by molar-refractivity contribution is 4.77. The first-order valence-electron chi connectivity index (χ1n) is 6.77. The summed E-state index contributed by atoms with van der Waals surface area (Å²) < 4.78 is 0. The highest BCUT2D eigenvalue weighted by Gasteiger charge is 2.17. The molecule has 0 aromatic rings. The molecular formula is C13H29N3. The first-order valence-corrected chi connectivity index (χ1v) is 6.77. The van der Waals surface area contributed by atoms with Crippen molar-refractivity contribution in [2.45, 2.75) is 39.7 Å². The molecule has 16 heavy (non-hydrogen) atoms. The molecule has 0 aromatic heterocycles. The van der Waals surface area contributed by atoms with E-state index in [1.165, 1.54) is 45.7 Å². The predicted molar refractivity (Wildman–Crippen MR) is 70.9 cm³/mol. The first kappa shape index (κ1) is 13.9. The van der Waals surface area contributed by atoms with Gasteiger partial charge in [-0.15, -0.1) is 0 Å². The van der Waals surface area contributed by atoms with Gasteiger partial charge < -0.3 is 10.2 Å². The van der Waals surface area contributed by atoms with E-state index < -0.39 is 0 Å². The van der Waals surface area contributed by atoms with Crippen molar-refractivity contribution in [3.8, 4) is 0 Å². The summed E-state index contributed by atoms with van der Waals surface area (Å²) in [5, 5.41) is 3.63. The number of piperazine rings is 1. The summed E-state index contributed by atoms with van der Waals surface area (Å²) in [4.78, 5) is 5.10. The second-order valence-corrected chi connectivity index (χ2v) is 5.44. The van der Waals surface area contributed by atoms with E-state index in [0.717, 1.165) is 6.54 Å². The fraction of sp³-hybridized carbons (Fsp3) is 1.00. The lowest BCUT2D eigenvalue weighted by atomic mass is 10.0. The smallest absolute Gasteiger partial charge is 0.0123 e. The summed E-state index contributed by atoms with van der Waals surface area (Å²) in [5.74, 6) is 0. The molecule has 96 valence electrons. The summed E-state index contributed by atoms with van der Waals surface area (Å²) in [6.45, 7) is 17.5. The second-order valence-electron chi connectivity index (χ2n) is 5.44. The zero-order valence-electron chi connectivity index (χ0n) is 11.6. The summed E-state index contributed by atoms with van der Waals surface area (Å²) in [6.07, 6.45) is 1.19. The van der Waals surface area contributed by atoms with Crippen LogP contribution < -0.4 is 5.32 Å². The third kappa shape index (κ3) is 4.81. The Morgan fingerprint density at radius 3 is 2.06 bits per heavy atom. The van der Waals surface area contributed by atoms with Crippen LogP contribution in [-0.4, -0.2) is 61.2 Å². The molecule has 0 aliphatic carbocycles. The summed E-state index contributed by atoms with van der Waals surface area (Å²) in [7, 11) is 0. The Bertz CT molecular complexity index is 184. The zero-order chi connectivity index (χ0) is 12.0. The van der Waals surface area contributed by atoms with E-state index in [1.807, 2.05) is 0 Å². The number of nitrogens with one attached hydrogen (secondary N) is 1. The highest BCUT2D eigenvalue weighted by atomic mass is 15.3. The predicted octanol–water partition coefficient (Wildman–Crippen LogP) is 1.40. The Kier molecular flexibility index (Phi) is 5.73. The fourth-order valence-corrected chi connectivity index (χ4v) is 2.01. The van der Waals surface area contributed by atoms with Crippen molar-refractivity contribution < 1.29 is 0 Å². The second kappa shape index (κ2) is 6.58. The van der Waals surface area contributed by atoms with Crippen molar-refractivity contribution in [2.24, 2.45) is 0 Å². The minimum Gasteiger partial charge on any atom is -0.311 e. The van der Waals surface area contributed by atoms with Gasteiger partial charge in [-0.2, -0.15) is 0 Å². The van der Waals surface area contributed by atoms with E-state index in [1.54, 1.807) is 0 Å². The van der Waals surface area contributed by atoms with Gasteiger partial charge >= 0.3 is 0 Å². The van der Waals surface area contributed by atoms with Crippen molar-refractivity contribution in [3.63, 3.8) is 0 Å². The van der Waals surface area contributed by atoms with Crippen LogP contribution in [0.1, 0.15) is 34.1 Å². The van der Waals surface area contributed by atoms with E-state index >= 15 is 0 Å². The molecule has 1 N–H and O–H groups in total. The van der Waals surface area contributed by atoms with Crippen LogP contribution in [0.25, 0.3) is 0 Å². The molecule has 0 amide bonds. The van der Waals surface area contributed by atoms with Gasteiger partial charge in [0.05, 0.1) is 0 Å². The molecule has 1 aliphatic heterocycles. The standard InChI is InChI=1S/C13H29N3/c1-5-13(3,4)14-7-8-16-11-9-15(6-2)10-12-16/h14H,5-12H2,1-4H3. The van der Waals surface area contributed by atoms with Crippen LogP contribution in [-0.2, 0) is 0 Å². The summed E-state index contributed by atoms with van der Waals surface area (Å²) in [5.41, 5.74) is 0.297. The molecule has 0 radical (unpaired) electrons. The van der Waals surface area contributed by atoms with E-state index in [4.69, 9.17) is 0 Å². The maximum absolute atomic E-state index is 3.63. The number of hydrogen-bond acceptors (Lipinski definition) is 3. The largest absolute Gasteiger partial charge is 0.311 e. The van der Waals surface area contributed by atoms with Crippen LogP contribution in [0.3, 0.4) is 0 Å². The van der Waals surface area contributed by atoms with Crippen LogP contribution in [0.5, 0.6) is 0 Å². The number of nitrogens with zero attached hydrogens (tertiary/aromatic N) is 2. The van der Waals surface area contributed by atoms with Crippen molar-refractivity contribution in [1.82, 2.24) is 15.1 Å². The lowest BCUT2D eigenvalue weighted by molar-refractivity contribution is 0.135. The van der Waals surface area contributed by atoms with E-state index in [2.05, 4.69) is 42.8 Å². The molecule has 1 fully saturated rings. The molecule has 1 rings (SSSR count). The lowest BCUT2D eigenvalue weighted by Gasteiger charge is -2.35. The van der Waals surface area contributed by atoms with Crippen LogP contribution in [0, 0.1) is 0 Å². The average Bonchev–Trinajstić information content (AvgIpc) is 2.30. The first-order chi connectivity index (χ1) is 7.57. The minimum absolute atomic E-state index is 0.297. The molecular weight excluding hydrogens is 198 g/mol. The van der Waals surface area contributed by atoms with Crippen LogP contribution >= 0.6 is 0 Å². The third-order valence-electron chi connectivity index (χ3n) is 3.83. The van der Waals surface area contributed by atoms with Gasteiger partial charge in [-0.1, -0.05) is 13.8 Å². The molecule has 0 unspecified atom stereocenters. The molecule has 3 nitrogen and oxygen atoms in total. The fourth-order valence-electron chi connectivity index (χ4n) is 2.01. The Hall–Kier alpha value is -0.120. The minimum atomic E-state index is 0.297. The molecule has 0 atom stereocenters. The summed E-state index contributed by atoms with van der Waals surface area (Å²) in [6, 6.07) is 0. The molecule has 1 heterocycles. The Balaban J connectivity index is 2.11. The van der Waals surface area contributed by atoms with Gasteiger partial charge in [0.2, 0.25) is 0 Å². The monoisotopic (exact) mass is 227 g/mol. The number of hydrogen-bond donors (Lipinski definition) is 1. The van der Waals surface area contributed by atoms with Gasteiger partial charge in [-0.3, -0.25) is 4.90 Å². The van der Waals surface area contributed by atoms with E-state index in [9.17, 15) is 0 Å². The Morgan fingerprint density at radius 2 is 1.56 bits per heavy atom. The van der Waals surface area contributed by atoms with Gasteiger partial charge in [-0.05, 0) is 26.8 Å². The SMILES string of the molecule is CCN1CCN(CCNC(C)(C)CC)CC1. The number of rotatable bonds is 6. The molecule has 1 aliphatic rings. The molecule has 0 saturated carbocycles. The van der Waals surface area contributed by atoms with Gasteiger partial charge in [-0.25, -0.2) is 0 Å². The van der Waals surface area contributed by atoms with Gasteiger partial charge in [0, 0.05) is 44.8 Å². The Labute approximate surface area is 101 Å². The Morgan fingerprint density at radius 1 is 1.00 bits per heavy atom. The van der Waals surface area contributed by atoms with Crippen LogP contribution in [0.15, 0.2) is 0 Å². The summed E-state index contributed by atoms with van der Waals surface area (Å²) >= 11 is 0. The van der Waals surface area contributed by atoms with Crippen molar-refractivity contribution in [1.29, 1.82) is 0 Å². The molecule has 1 saturated heterocycles. The maximum atomic E-state index is 3.63. The van der Waals surface area contributed by atoms with E-state index in [-0.39, 0.29) is 0 Å². The topological polar surface area (TPSA) is 18.5 Å². The zero-order valence-corrected chi connectivity index (χ0v) is 11.6. The number of likely N-dealkylation sites (N-methyl/N-ethyl adjacent to an activating group) is 1. The third-order valence-corrected chi connectivity index (χ3v) is 3.83. The average molecular weight is 227 g/mol. The van der Waals surface area contributed by atoms with Gasteiger partial charge in [0.15, 0.2) is 0 Å². The maximum Gasteiger partial charge on any atom is 0.0123 e. The molecule has 0 spiro atoms. The normalized spacial score (nSPS) is 20.2. The van der Waals surface area contributed by atoms with Crippen molar-refractivity contribution in [3.05, 3.63) is 0 Å². The lowest BCUT2D eigenvalue weighted by Crippen LogP contribution is -2.49. The molecule has 3 heteroatoms.